The molecule has 0 spiro atoms. The van der Waals surface area contributed by atoms with E-state index in [4.69, 9.17) is 5.73 Å². The number of carbonyl (C=O) groups excluding carboxylic acids is 3. The van der Waals surface area contributed by atoms with Crippen LogP contribution in [0.4, 0.5) is 0 Å². The van der Waals surface area contributed by atoms with Crippen molar-refractivity contribution in [1.29, 1.82) is 0 Å². The molecule has 0 bridgehead atoms. The van der Waals surface area contributed by atoms with Crippen molar-refractivity contribution in [3.63, 3.8) is 0 Å². The fourth-order valence-corrected chi connectivity index (χ4v) is 2.83. The van der Waals surface area contributed by atoms with Gasteiger partial charge in [-0.1, -0.05) is 30.3 Å². The highest BCUT2D eigenvalue weighted by atomic mass is 16.2. The molecule has 1 heterocycles. The first-order valence-electron chi connectivity index (χ1n) is 8.66. The number of nitrogens with one attached hydrogen (secondary N) is 1. The molecule has 3 amide bonds. The lowest BCUT2D eigenvalue weighted by Crippen LogP contribution is -2.43. The molecule has 7 heteroatoms. The second-order valence-corrected chi connectivity index (χ2v) is 6.08. The van der Waals surface area contributed by atoms with Crippen LogP contribution in [0.5, 0.6) is 0 Å². The van der Waals surface area contributed by atoms with Gasteiger partial charge in [-0.05, 0) is 18.4 Å². The number of rotatable bonds is 6. The quantitative estimate of drug-likeness (QED) is 0.743. The zero-order valence-corrected chi connectivity index (χ0v) is 14.4. The van der Waals surface area contributed by atoms with E-state index in [0.717, 1.165) is 18.4 Å². The van der Waals surface area contributed by atoms with Crippen LogP contribution in [0.15, 0.2) is 30.3 Å². The zero-order valence-electron chi connectivity index (χ0n) is 14.4. The van der Waals surface area contributed by atoms with Crippen LogP contribution in [0, 0.1) is 0 Å². The summed E-state index contributed by atoms with van der Waals surface area (Å²) in [5.41, 5.74) is 6.35. The predicted octanol–water partition coefficient (Wildman–Crippen LogP) is -0.245. The van der Waals surface area contributed by atoms with Crippen molar-refractivity contribution in [3.05, 3.63) is 35.9 Å². The Hall–Kier alpha value is -2.41. The molecule has 1 fully saturated rings. The van der Waals surface area contributed by atoms with E-state index in [1.165, 1.54) is 0 Å². The highest BCUT2D eigenvalue weighted by Crippen LogP contribution is 2.08. The minimum atomic E-state index is -0.346. The molecule has 25 heavy (non-hydrogen) atoms. The average molecular weight is 346 g/mol. The Bertz CT molecular complexity index is 591. The van der Waals surface area contributed by atoms with Crippen LogP contribution in [-0.2, 0) is 20.8 Å². The molecule has 1 aromatic rings. The second kappa shape index (κ2) is 9.78. The third kappa shape index (κ3) is 6.19. The average Bonchev–Trinajstić information content (AvgIpc) is 2.91. The summed E-state index contributed by atoms with van der Waals surface area (Å²) in [6, 6.07) is 9.94. The second-order valence-electron chi connectivity index (χ2n) is 6.08. The van der Waals surface area contributed by atoms with Gasteiger partial charge in [0.15, 0.2) is 0 Å². The van der Waals surface area contributed by atoms with Gasteiger partial charge >= 0.3 is 0 Å². The summed E-state index contributed by atoms with van der Waals surface area (Å²) >= 11 is 0. The van der Waals surface area contributed by atoms with Crippen molar-refractivity contribution in [2.45, 2.75) is 19.3 Å². The lowest BCUT2D eigenvalue weighted by Gasteiger charge is -2.22. The van der Waals surface area contributed by atoms with Crippen molar-refractivity contribution in [2.24, 2.45) is 5.73 Å². The standard InChI is InChI=1S/C18H26N4O3/c19-13-16(23)20-14-18(25)22-10-4-9-21(11-12-22)17(24)8-7-15-5-2-1-3-6-15/h1-3,5-6H,4,7-14,19H2,(H,20,23). The molecule has 0 aromatic heterocycles. The van der Waals surface area contributed by atoms with E-state index in [9.17, 15) is 14.4 Å². The summed E-state index contributed by atoms with van der Waals surface area (Å²) in [7, 11) is 0. The normalized spacial score (nSPS) is 14.8. The van der Waals surface area contributed by atoms with Gasteiger partial charge in [-0.15, -0.1) is 0 Å². The number of carbonyl (C=O) groups is 3. The molecule has 0 saturated carbocycles. The first kappa shape index (κ1) is 18.9. The molecule has 1 aromatic carbocycles. The van der Waals surface area contributed by atoms with Gasteiger partial charge in [0, 0.05) is 32.6 Å². The van der Waals surface area contributed by atoms with Gasteiger partial charge in [-0.25, -0.2) is 0 Å². The Kier molecular flexibility index (Phi) is 7.40. The molecule has 2 rings (SSSR count). The molecule has 0 aliphatic carbocycles. The maximum absolute atomic E-state index is 12.4. The van der Waals surface area contributed by atoms with Crippen molar-refractivity contribution in [3.8, 4) is 0 Å². The van der Waals surface area contributed by atoms with Crippen LogP contribution in [0.3, 0.4) is 0 Å². The van der Waals surface area contributed by atoms with E-state index >= 15 is 0 Å². The maximum Gasteiger partial charge on any atom is 0.242 e. The van der Waals surface area contributed by atoms with E-state index in [1.807, 2.05) is 35.2 Å². The Morgan fingerprint density at radius 1 is 0.960 bits per heavy atom. The lowest BCUT2D eigenvalue weighted by molar-refractivity contribution is -0.133. The largest absolute Gasteiger partial charge is 0.346 e. The van der Waals surface area contributed by atoms with Crippen LogP contribution in [0.1, 0.15) is 18.4 Å². The molecule has 1 aliphatic rings. The Labute approximate surface area is 148 Å². The highest BCUT2D eigenvalue weighted by molar-refractivity contribution is 5.85. The molecule has 1 saturated heterocycles. The first-order valence-corrected chi connectivity index (χ1v) is 8.66. The molecule has 0 unspecified atom stereocenters. The molecule has 7 nitrogen and oxygen atoms in total. The fourth-order valence-electron chi connectivity index (χ4n) is 2.83. The topological polar surface area (TPSA) is 95.7 Å². The van der Waals surface area contributed by atoms with Gasteiger partial charge in [0.05, 0.1) is 13.1 Å². The summed E-state index contributed by atoms with van der Waals surface area (Å²) in [6.07, 6.45) is 1.95. The number of nitrogens with two attached hydrogens (primary N) is 1. The summed E-state index contributed by atoms with van der Waals surface area (Å²) < 4.78 is 0. The smallest absolute Gasteiger partial charge is 0.242 e. The van der Waals surface area contributed by atoms with Gasteiger partial charge in [-0.3, -0.25) is 14.4 Å². The van der Waals surface area contributed by atoms with E-state index in [1.54, 1.807) is 4.90 Å². The van der Waals surface area contributed by atoms with Gasteiger partial charge < -0.3 is 20.9 Å². The summed E-state index contributed by atoms with van der Waals surface area (Å²) in [5.74, 6) is -0.365. The number of aryl methyl sites for hydroxylation is 1. The first-order chi connectivity index (χ1) is 12.1. The van der Waals surface area contributed by atoms with E-state index in [0.29, 0.717) is 32.6 Å². The van der Waals surface area contributed by atoms with Crippen LogP contribution >= 0.6 is 0 Å². The van der Waals surface area contributed by atoms with Gasteiger partial charge in [-0.2, -0.15) is 0 Å². The highest BCUT2D eigenvalue weighted by Gasteiger charge is 2.21. The third-order valence-corrected chi connectivity index (χ3v) is 4.29. The number of hydrogen-bond acceptors (Lipinski definition) is 4. The Morgan fingerprint density at radius 2 is 1.60 bits per heavy atom. The van der Waals surface area contributed by atoms with Crippen molar-refractivity contribution < 1.29 is 14.4 Å². The molecule has 0 atom stereocenters. The van der Waals surface area contributed by atoms with Crippen molar-refractivity contribution >= 4 is 17.7 Å². The minimum absolute atomic E-state index is 0.0437. The number of nitrogens with zero attached hydrogens (tertiary/aromatic N) is 2. The summed E-state index contributed by atoms with van der Waals surface area (Å²) in [4.78, 5) is 39.2. The van der Waals surface area contributed by atoms with E-state index in [2.05, 4.69) is 5.32 Å². The zero-order chi connectivity index (χ0) is 18.1. The molecule has 3 N–H and O–H groups in total. The Morgan fingerprint density at radius 3 is 2.24 bits per heavy atom. The number of hydrogen-bond donors (Lipinski definition) is 2. The van der Waals surface area contributed by atoms with Crippen LogP contribution in [-0.4, -0.2) is 66.8 Å². The number of benzene rings is 1. The maximum atomic E-state index is 12.4. The van der Waals surface area contributed by atoms with Gasteiger partial charge in [0.1, 0.15) is 0 Å². The monoisotopic (exact) mass is 346 g/mol. The van der Waals surface area contributed by atoms with Crippen molar-refractivity contribution in [2.75, 3.05) is 39.3 Å². The van der Waals surface area contributed by atoms with Crippen molar-refractivity contribution in [1.82, 2.24) is 15.1 Å². The molecular formula is C18H26N4O3. The van der Waals surface area contributed by atoms with E-state index in [-0.39, 0.29) is 30.8 Å². The Balaban J connectivity index is 1.77. The SMILES string of the molecule is NCC(=O)NCC(=O)N1CCCN(C(=O)CCc2ccccc2)CC1. The summed E-state index contributed by atoms with van der Waals surface area (Å²) in [6.45, 7) is 2.11. The number of amides is 3. The molecule has 1 aliphatic heterocycles. The van der Waals surface area contributed by atoms with E-state index < -0.39 is 0 Å². The lowest BCUT2D eigenvalue weighted by atomic mass is 10.1. The molecule has 136 valence electrons. The van der Waals surface area contributed by atoms with Crippen LogP contribution in [0.2, 0.25) is 0 Å². The van der Waals surface area contributed by atoms with Gasteiger partial charge in [0.25, 0.3) is 0 Å². The third-order valence-electron chi connectivity index (χ3n) is 4.29. The fraction of sp³-hybridized carbons (Fsp3) is 0.500. The molecule has 0 radical (unpaired) electrons. The minimum Gasteiger partial charge on any atom is -0.346 e. The molecular weight excluding hydrogens is 320 g/mol. The predicted molar refractivity (Wildman–Crippen MR) is 94.6 cm³/mol. The van der Waals surface area contributed by atoms with Gasteiger partial charge in [0.2, 0.25) is 17.7 Å². The van der Waals surface area contributed by atoms with Crippen LogP contribution in [0.25, 0.3) is 0 Å². The van der Waals surface area contributed by atoms with Crippen LogP contribution < -0.4 is 11.1 Å². The summed E-state index contributed by atoms with van der Waals surface area (Å²) in [5, 5.41) is 2.49.